The van der Waals surface area contributed by atoms with Crippen molar-refractivity contribution in [3.63, 3.8) is 0 Å². The van der Waals surface area contributed by atoms with Crippen LogP contribution in [-0.2, 0) is 19.5 Å². The lowest BCUT2D eigenvalue weighted by atomic mass is 10.3. The van der Waals surface area contributed by atoms with E-state index in [4.69, 9.17) is 5.73 Å². The van der Waals surface area contributed by atoms with Gasteiger partial charge in [0.15, 0.2) is 0 Å². The Morgan fingerprint density at radius 1 is 1.50 bits per heavy atom. The number of rotatable bonds is 6. The van der Waals surface area contributed by atoms with Crippen LogP contribution in [0.15, 0.2) is 6.07 Å². The minimum absolute atomic E-state index is 0.216. The highest BCUT2D eigenvalue weighted by Gasteiger charge is 2.09. The number of nitrogens with zero attached hydrogens (tertiary/aromatic N) is 3. The van der Waals surface area contributed by atoms with Gasteiger partial charge in [0, 0.05) is 25.7 Å². The third kappa shape index (κ3) is 3.61. The first kappa shape index (κ1) is 13.2. The molecule has 1 unspecified atom stereocenters. The van der Waals surface area contributed by atoms with E-state index in [1.807, 2.05) is 6.92 Å². The maximum Gasteiger partial charge on any atom is 0.0625 e. The molecular weight excluding hydrogens is 200 g/mol. The summed E-state index contributed by atoms with van der Waals surface area (Å²) in [5.41, 5.74) is 8.24. The van der Waals surface area contributed by atoms with Crippen LogP contribution in [0.25, 0.3) is 0 Å². The summed E-state index contributed by atoms with van der Waals surface area (Å²) in [6.07, 6.45) is 0.997. The molecule has 16 heavy (non-hydrogen) atoms. The van der Waals surface area contributed by atoms with E-state index in [-0.39, 0.29) is 6.04 Å². The molecule has 0 aliphatic heterocycles. The minimum Gasteiger partial charge on any atom is -0.327 e. The lowest BCUT2D eigenvalue weighted by Crippen LogP contribution is -2.33. The Labute approximate surface area is 98.4 Å². The van der Waals surface area contributed by atoms with Crippen molar-refractivity contribution >= 4 is 0 Å². The Morgan fingerprint density at radius 2 is 2.19 bits per heavy atom. The van der Waals surface area contributed by atoms with Crippen molar-refractivity contribution in [3.05, 3.63) is 17.5 Å². The van der Waals surface area contributed by atoms with Crippen molar-refractivity contribution in [3.8, 4) is 0 Å². The molecule has 0 fully saturated rings. The summed E-state index contributed by atoms with van der Waals surface area (Å²) in [6.45, 7) is 9.06. The standard InChI is InChI=1S/C12H24N4/c1-5-11-7-12(16(6-2)14-11)9-15(4)8-10(3)13/h7,10H,5-6,8-9,13H2,1-4H3. The number of likely N-dealkylation sites (N-methyl/N-ethyl adjacent to an activating group) is 1. The van der Waals surface area contributed by atoms with Crippen LogP contribution in [0, 0.1) is 0 Å². The fourth-order valence-electron chi connectivity index (χ4n) is 1.92. The van der Waals surface area contributed by atoms with Gasteiger partial charge in [0.2, 0.25) is 0 Å². The second-order valence-corrected chi connectivity index (χ2v) is 4.47. The van der Waals surface area contributed by atoms with Crippen LogP contribution in [-0.4, -0.2) is 34.3 Å². The van der Waals surface area contributed by atoms with Crippen molar-refractivity contribution in [2.24, 2.45) is 5.73 Å². The molecule has 0 aliphatic rings. The first-order valence-corrected chi connectivity index (χ1v) is 6.06. The largest absolute Gasteiger partial charge is 0.327 e. The van der Waals surface area contributed by atoms with Crippen molar-refractivity contribution in [2.75, 3.05) is 13.6 Å². The van der Waals surface area contributed by atoms with E-state index in [2.05, 4.69) is 41.6 Å². The molecule has 2 N–H and O–H groups in total. The van der Waals surface area contributed by atoms with Crippen LogP contribution in [0.2, 0.25) is 0 Å². The van der Waals surface area contributed by atoms with Crippen molar-refractivity contribution < 1.29 is 0 Å². The van der Waals surface area contributed by atoms with Gasteiger partial charge in [-0.3, -0.25) is 9.58 Å². The van der Waals surface area contributed by atoms with E-state index in [9.17, 15) is 0 Å². The number of aromatic nitrogens is 2. The van der Waals surface area contributed by atoms with Gasteiger partial charge in [-0.25, -0.2) is 0 Å². The second-order valence-electron chi connectivity index (χ2n) is 4.47. The summed E-state index contributed by atoms with van der Waals surface area (Å²) in [4.78, 5) is 2.24. The van der Waals surface area contributed by atoms with E-state index < -0.39 is 0 Å². The van der Waals surface area contributed by atoms with Gasteiger partial charge in [-0.1, -0.05) is 6.92 Å². The van der Waals surface area contributed by atoms with Gasteiger partial charge in [0.05, 0.1) is 11.4 Å². The van der Waals surface area contributed by atoms with Gasteiger partial charge < -0.3 is 5.73 Å². The molecule has 1 rings (SSSR count). The zero-order chi connectivity index (χ0) is 12.1. The zero-order valence-corrected chi connectivity index (χ0v) is 10.9. The molecule has 0 aliphatic carbocycles. The van der Waals surface area contributed by atoms with E-state index >= 15 is 0 Å². The minimum atomic E-state index is 0.216. The van der Waals surface area contributed by atoms with E-state index in [1.165, 1.54) is 11.4 Å². The fourth-order valence-corrected chi connectivity index (χ4v) is 1.92. The van der Waals surface area contributed by atoms with Crippen molar-refractivity contribution in [2.45, 2.75) is 46.3 Å². The SMILES string of the molecule is CCc1cc(CN(C)CC(C)N)n(CC)n1. The molecule has 0 amide bonds. The zero-order valence-electron chi connectivity index (χ0n) is 10.9. The molecule has 0 bridgehead atoms. The quantitative estimate of drug-likeness (QED) is 0.791. The van der Waals surface area contributed by atoms with Crippen LogP contribution in [0.4, 0.5) is 0 Å². The average molecular weight is 224 g/mol. The summed E-state index contributed by atoms with van der Waals surface area (Å²) in [5, 5.41) is 4.54. The Bertz CT molecular complexity index is 317. The molecule has 1 aromatic heterocycles. The molecule has 1 aromatic rings. The summed E-state index contributed by atoms with van der Waals surface area (Å²) in [5.74, 6) is 0. The normalized spacial score (nSPS) is 13.4. The number of aryl methyl sites for hydroxylation is 2. The summed E-state index contributed by atoms with van der Waals surface area (Å²) in [6, 6.07) is 2.41. The smallest absolute Gasteiger partial charge is 0.0625 e. The van der Waals surface area contributed by atoms with Crippen molar-refractivity contribution in [1.82, 2.24) is 14.7 Å². The van der Waals surface area contributed by atoms with Crippen LogP contribution >= 0.6 is 0 Å². The second kappa shape index (κ2) is 6.01. The fraction of sp³-hybridized carbons (Fsp3) is 0.750. The van der Waals surface area contributed by atoms with Gasteiger partial charge in [0.1, 0.15) is 0 Å². The first-order chi connectivity index (χ1) is 7.56. The Balaban J connectivity index is 2.67. The summed E-state index contributed by atoms with van der Waals surface area (Å²) >= 11 is 0. The summed E-state index contributed by atoms with van der Waals surface area (Å²) < 4.78 is 2.08. The highest BCUT2D eigenvalue weighted by molar-refractivity contribution is 5.10. The van der Waals surface area contributed by atoms with Crippen LogP contribution in [0.1, 0.15) is 32.2 Å². The van der Waals surface area contributed by atoms with Gasteiger partial charge in [0.25, 0.3) is 0 Å². The average Bonchev–Trinajstić information content (AvgIpc) is 2.59. The third-order valence-corrected chi connectivity index (χ3v) is 2.61. The lowest BCUT2D eigenvalue weighted by molar-refractivity contribution is 0.300. The summed E-state index contributed by atoms with van der Waals surface area (Å²) in [7, 11) is 2.10. The third-order valence-electron chi connectivity index (χ3n) is 2.61. The van der Waals surface area contributed by atoms with Gasteiger partial charge in [-0.05, 0) is 33.4 Å². The predicted octanol–water partition coefficient (Wildman–Crippen LogP) is 1.24. The highest BCUT2D eigenvalue weighted by atomic mass is 15.3. The maximum absolute atomic E-state index is 5.78. The molecule has 0 saturated carbocycles. The molecule has 92 valence electrons. The van der Waals surface area contributed by atoms with Crippen LogP contribution in [0.3, 0.4) is 0 Å². The monoisotopic (exact) mass is 224 g/mol. The van der Waals surface area contributed by atoms with Gasteiger partial charge in [-0.15, -0.1) is 0 Å². The Kier molecular flexibility index (Phi) is 4.96. The predicted molar refractivity (Wildman–Crippen MR) is 67.3 cm³/mol. The van der Waals surface area contributed by atoms with Crippen molar-refractivity contribution in [1.29, 1.82) is 0 Å². The molecule has 0 aromatic carbocycles. The van der Waals surface area contributed by atoms with E-state index in [0.29, 0.717) is 0 Å². The van der Waals surface area contributed by atoms with Gasteiger partial charge >= 0.3 is 0 Å². The number of nitrogens with two attached hydrogens (primary N) is 1. The highest BCUT2D eigenvalue weighted by Crippen LogP contribution is 2.08. The lowest BCUT2D eigenvalue weighted by Gasteiger charge is -2.19. The van der Waals surface area contributed by atoms with Crippen LogP contribution < -0.4 is 5.73 Å². The van der Waals surface area contributed by atoms with E-state index in [1.54, 1.807) is 0 Å². The number of hydrogen-bond acceptors (Lipinski definition) is 3. The molecule has 4 nitrogen and oxygen atoms in total. The first-order valence-electron chi connectivity index (χ1n) is 6.06. The maximum atomic E-state index is 5.78. The Morgan fingerprint density at radius 3 is 2.69 bits per heavy atom. The van der Waals surface area contributed by atoms with Gasteiger partial charge in [-0.2, -0.15) is 5.10 Å². The molecule has 0 spiro atoms. The van der Waals surface area contributed by atoms with Crippen LogP contribution in [0.5, 0.6) is 0 Å². The molecule has 1 heterocycles. The Hall–Kier alpha value is -0.870. The topological polar surface area (TPSA) is 47.1 Å². The van der Waals surface area contributed by atoms with E-state index in [0.717, 1.165) is 26.1 Å². The molecule has 0 radical (unpaired) electrons. The molecule has 0 saturated heterocycles. The number of hydrogen-bond donors (Lipinski definition) is 1. The molecule has 1 atom stereocenters. The molecule has 4 heteroatoms. The molecular formula is C12H24N4.